The first-order chi connectivity index (χ1) is 15.5. The first-order valence-corrected chi connectivity index (χ1v) is 12.8. The van der Waals surface area contributed by atoms with E-state index in [-0.39, 0.29) is 18.3 Å². The number of anilines is 1. The van der Waals surface area contributed by atoms with Crippen molar-refractivity contribution >= 4 is 55.9 Å². The zero-order chi connectivity index (χ0) is 22.7. The number of amides is 1. The second kappa shape index (κ2) is 10.1. The summed E-state index contributed by atoms with van der Waals surface area (Å²) in [4.78, 5) is 26.2. The fraction of sp³-hybridized carbons (Fsp3) is 0.333. The van der Waals surface area contributed by atoms with Gasteiger partial charge in [0.05, 0.1) is 12.2 Å². The maximum atomic E-state index is 12.6. The minimum Gasteiger partial charge on any atom is -0.462 e. The van der Waals surface area contributed by atoms with Crippen LogP contribution in [0.5, 0.6) is 0 Å². The van der Waals surface area contributed by atoms with E-state index in [9.17, 15) is 9.59 Å². The molecule has 2 aromatic heterocycles. The van der Waals surface area contributed by atoms with E-state index in [2.05, 4.69) is 31.4 Å². The number of hydrogen-bond donors (Lipinski definition) is 2. The Morgan fingerprint density at radius 1 is 1.28 bits per heavy atom. The van der Waals surface area contributed by atoms with Crippen molar-refractivity contribution in [3.05, 3.63) is 44.7 Å². The second-order valence-corrected chi connectivity index (χ2v) is 10.2. The number of rotatable bonds is 8. The molecule has 0 unspecified atom stereocenters. The van der Waals surface area contributed by atoms with Crippen molar-refractivity contribution in [2.75, 3.05) is 23.5 Å². The fourth-order valence-electron chi connectivity index (χ4n) is 3.51. The van der Waals surface area contributed by atoms with Crippen LogP contribution in [0.1, 0.15) is 40.6 Å². The zero-order valence-electron chi connectivity index (χ0n) is 17.4. The molecule has 168 valence electrons. The molecule has 0 bridgehead atoms. The summed E-state index contributed by atoms with van der Waals surface area (Å²) >= 11 is 6.23. The minimum absolute atomic E-state index is 0.167. The Labute approximate surface area is 202 Å². The number of benzene rings is 1. The largest absolute Gasteiger partial charge is 0.462 e. The van der Waals surface area contributed by atoms with Crippen LogP contribution < -0.4 is 11.2 Å². The monoisotopic (exact) mass is 535 g/mol. The van der Waals surface area contributed by atoms with Crippen LogP contribution in [-0.4, -0.2) is 39.1 Å². The smallest absolute Gasteiger partial charge is 0.341 e. The first kappa shape index (κ1) is 22.8. The molecule has 0 radical (unpaired) electrons. The van der Waals surface area contributed by atoms with E-state index in [0.717, 1.165) is 39.7 Å². The SMILES string of the molecule is CCOC(=O)c1c(NC(=O)CCSc2nnc(-c3ccc(Br)cc3)n2N)sc2c1CCC2. The number of ether oxygens (including phenoxy) is 1. The van der Waals surface area contributed by atoms with Crippen LogP contribution in [0.15, 0.2) is 33.9 Å². The van der Waals surface area contributed by atoms with Gasteiger partial charge in [-0.25, -0.2) is 9.47 Å². The lowest BCUT2D eigenvalue weighted by atomic mass is 10.1. The first-order valence-electron chi connectivity index (χ1n) is 10.2. The molecule has 0 saturated carbocycles. The Balaban J connectivity index is 1.37. The molecule has 11 heteroatoms. The maximum absolute atomic E-state index is 12.6. The van der Waals surface area contributed by atoms with Gasteiger partial charge < -0.3 is 15.9 Å². The molecule has 3 N–H and O–H groups in total. The Morgan fingerprint density at radius 3 is 2.81 bits per heavy atom. The number of thioether (sulfide) groups is 1. The number of fused-ring (bicyclic) bond motifs is 1. The third-order valence-corrected chi connectivity index (χ3v) is 7.66. The third-order valence-electron chi connectivity index (χ3n) is 4.98. The van der Waals surface area contributed by atoms with E-state index < -0.39 is 0 Å². The van der Waals surface area contributed by atoms with Crippen LogP contribution >= 0.6 is 39.0 Å². The number of thiophene rings is 1. The van der Waals surface area contributed by atoms with Gasteiger partial charge in [-0.15, -0.1) is 21.5 Å². The average molecular weight is 536 g/mol. The summed E-state index contributed by atoms with van der Waals surface area (Å²) in [6.45, 7) is 2.08. The number of carbonyl (C=O) groups is 2. The number of nitrogens with two attached hydrogens (primary N) is 1. The van der Waals surface area contributed by atoms with Crippen LogP contribution in [0.2, 0.25) is 0 Å². The number of esters is 1. The Morgan fingerprint density at radius 2 is 2.06 bits per heavy atom. The molecule has 0 saturated heterocycles. The van der Waals surface area contributed by atoms with Gasteiger partial charge in [0.15, 0.2) is 5.82 Å². The van der Waals surface area contributed by atoms with E-state index in [1.165, 1.54) is 27.8 Å². The predicted molar refractivity (Wildman–Crippen MR) is 130 cm³/mol. The third kappa shape index (κ3) is 4.84. The summed E-state index contributed by atoms with van der Waals surface area (Å²) in [5.41, 5.74) is 2.39. The van der Waals surface area contributed by atoms with Gasteiger partial charge in [-0.1, -0.05) is 39.8 Å². The van der Waals surface area contributed by atoms with Crippen LogP contribution in [0.3, 0.4) is 0 Å². The molecule has 1 aliphatic rings. The molecule has 0 spiro atoms. The van der Waals surface area contributed by atoms with Gasteiger partial charge in [0.1, 0.15) is 5.00 Å². The van der Waals surface area contributed by atoms with Crippen LogP contribution in [0, 0.1) is 0 Å². The molecule has 3 aromatic rings. The van der Waals surface area contributed by atoms with E-state index in [4.69, 9.17) is 10.6 Å². The van der Waals surface area contributed by atoms with Crippen molar-refractivity contribution in [3.8, 4) is 11.4 Å². The topological polar surface area (TPSA) is 112 Å². The van der Waals surface area contributed by atoms with Gasteiger partial charge in [-0.2, -0.15) is 0 Å². The van der Waals surface area contributed by atoms with E-state index in [1.807, 2.05) is 24.3 Å². The summed E-state index contributed by atoms with van der Waals surface area (Å²) in [5.74, 6) is 6.64. The normalized spacial score (nSPS) is 12.6. The van der Waals surface area contributed by atoms with Crippen molar-refractivity contribution in [1.82, 2.24) is 14.9 Å². The lowest BCUT2D eigenvalue weighted by Gasteiger charge is -2.08. The summed E-state index contributed by atoms with van der Waals surface area (Å²) in [5, 5.41) is 12.3. The number of nitrogens with one attached hydrogen (secondary N) is 1. The molecule has 32 heavy (non-hydrogen) atoms. The maximum Gasteiger partial charge on any atom is 0.341 e. The van der Waals surface area contributed by atoms with E-state index >= 15 is 0 Å². The molecule has 0 aliphatic heterocycles. The van der Waals surface area contributed by atoms with Gasteiger partial charge in [0.2, 0.25) is 11.1 Å². The Kier molecular flexibility index (Phi) is 7.17. The summed E-state index contributed by atoms with van der Waals surface area (Å²) in [7, 11) is 0. The van der Waals surface area contributed by atoms with Crippen LogP contribution in [-0.2, 0) is 22.4 Å². The minimum atomic E-state index is -0.367. The van der Waals surface area contributed by atoms with Crippen molar-refractivity contribution in [1.29, 1.82) is 0 Å². The van der Waals surface area contributed by atoms with E-state index in [1.54, 1.807) is 6.92 Å². The number of nitrogens with zero attached hydrogens (tertiary/aromatic N) is 3. The molecule has 2 heterocycles. The molecule has 1 aromatic carbocycles. The second-order valence-electron chi connectivity index (χ2n) is 7.11. The highest BCUT2D eigenvalue weighted by Gasteiger charge is 2.28. The van der Waals surface area contributed by atoms with Gasteiger partial charge in [-0.05, 0) is 43.9 Å². The lowest BCUT2D eigenvalue weighted by molar-refractivity contribution is -0.115. The zero-order valence-corrected chi connectivity index (χ0v) is 20.6. The summed E-state index contributed by atoms with van der Waals surface area (Å²) in [6, 6.07) is 7.62. The highest BCUT2D eigenvalue weighted by atomic mass is 79.9. The highest BCUT2D eigenvalue weighted by Crippen LogP contribution is 2.39. The van der Waals surface area contributed by atoms with Crippen molar-refractivity contribution < 1.29 is 14.3 Å². The van der Waals surface area contributed by atoms with Gasteiger partial charge in [0.25, 0.3) is 0 Å². The Bertz CT molecular complexity index is 1140. The van der Waals surface area contributed by atoms with Gasteiger partial charge >= 0.3 is 5.97 Å². The fourth-order valence-corrected chi connectivity index (χ4v) is 5.86. The van der Waals surface area contributed by atoms with E-state index in [0.29, 0.717) is 33.9 Å². The highest BCUT2D eigenvalue weighted by molar-refractivity contribution is 9.10. The number of hydrogen-bond acceptors (Lipinski definition) is 8. The summed E-state index contributed by atoms with van der Waals surface area (Å²) < 4.78 is 7.60. The number of carbonyl (C=O) groups excluding carboxylic acids is 2. The number of aromatic nitrogens is 3. The van der Waals surface area contributed by atoms with Crippen molar-refractivity contribution in [2.45, 2.75) is 37.8 Å². The lowest BCUT2D eigenvalue weighted by Crippen LogP contribution is -2.16. The molecule has 8 nitrogen and oxygen atoms in total. The van der Waals surface area contributed by atoms with Crippen LogP contribution in [0.25, 0.3) is 11.4 Å². The van der Waals surface area contributed by atoms with Crippen LogP contribution in [0.4, 0.5) is 5.00 Å². The van der Waals surface area contributed by atoms with Crippen molar-refractivity contribution in [2.24, 2.45) is 0 Å². The number of aryl methyl sites for hydroxylation is 1. The number of halogens is 1. The summed E-state index contributed by atoms with van der Waals surface area (Å²) in [6.07, 6.45) is 3.06. The molecule has 0 fully saturated rings. The quantitative estimate of drug-likeness (QED) is 0.251. The van der Waals surface area contributed by atoms with Crippen molar-refractivity contribution in [3.63, 3.8) is 0 Å². The molecule has 1 aliphatic carbocycles. The number of nitrogen functional groups attached to an aromatic ring is 1. The van der Waals surface area contributed by atoms with Gasteiger partial charge in [0, 0.05) is 27.1 Å². The molecule has 4 rings (SSSR count). The predicted octanol–water partition coefficient (Wildman–Crippen LogP) is 4.27. The molecule has 1 amide bonds. The molecular formula is C21H22BrN5O3S2. The Hall–Kier alpha value is -2.37. The average Bonchev–Trinajstić information content (AvgIpc) is 3.44. The molecule has 0 atom stereocenters. The standard InChI is InChI=1S/C21H22BrN5O3S2/c1-2-30-20(29)17-14-4-3-5-15(14)32-19(17)24-16(28)10-11-31-21-26-25-18(27(21)23)12-6-8-13(22)9-7-12/h6-9H,2-5,10-11,23H2,1H3,(H,24,28). The van der Waals surface area contributed by atoms with Gasteiger partial charge in [-0.3, -0.25) is 4.79 Å². The molecular weight excluding hydrogens is 514 g/mol.